The zero-order valence-electron chi connectivity index (χ0n) is 12.2. The third-order valence-corrected chi connectivity index (χ3v) is 4.02. The zero-order chi connectivity index (χ0) is 16.4. The van der Waals surface area contributed by atoms with Gasteiger partial charge in [0, 0.05) is 0 Å². The smallest absolute Gasteiger partial charge is 0.311 e. The van der Waals surface area contributed by atoms with Gasteiger partial charge in [-0.1, -0.05) is 23.7 Å². The number of aliphatic carboxylic acids is 1. The average Bonchev–Trinajstić information content (AvgIpc) is 2.55. The molecular formula is C17H15ClO5. The first-order chi connectivity index (χ1) is 11.0. The maximum atomic E-state index is 11.7. The van der Waals surface area contributed by atoms with Crippen LogP contribution in [0.25, 0.3) is 0 Å². The van der Waals surface area contributed by atoms with Crippen molar-refractivity contribution >= 4 is 17.6 Å². The first kappa shape index (κ1) is 15.5. The predicted octanol–water partition coefficient (Wildman–Crippen LogP) is 3.23. The van der Waals surface area contributed by atoms with Gasteiger partial charge < -0.3 is 19.7 Å². The van der Waals surface area contributed by atoms with Crippen molar-refractivity contribution in [3.8, 4) is 17.2 Å². The Bertz CT molecular complexity index is 744. The molecule has 0 amide bonds. The van der Waals surface area contributed by atoms with E-state index in [2.05, 4.69) is 0 Å². The van der Waals surface area contributed by atoms with Gasteiger partial charge in [-0.05, 0) is 41.8 Å². The molecular weight excluding hydrogens is 320 g/mol. The highest BCUT2D eigenvalue weighted by atomic mass is 35.5. The summed E-state index contributed by atoms with van der Waals surface area (Å²) < 4.78 is 11.0. The molecule has 2 N–H and O–H groups in total. The highest BCUT2D eigenvalue weighted by molar-refractivity contribution is 6.32. The minimum atomic E-state index is -0.939. The van der Waals surface area contributed by atoms with Crippen LogP contribution in [-0.4, -0.2) is 29.4 Å². The topological polar surface area (TPSA) is 76.0 Å². The van der Waals surface area contributed by atoms with E-state index in [0.717, 1.165) is 5.56 Å². The summed E-state index contributed by atoms with van der Waals surface area (Å²) in [6, 6.07) is 9.85. The van der Waals surface area contributed by atoms with Crippen LogP contribution in [0.2, 0.25) is 5.02 Å². The number of ether oxygens (including phenoxy) is 2. The van der Waals surface area contributed by atoms with Crippen LogP contribution in [0, 0.1) is 0 Å². The van der Waals surface area contributed by atoms with Crippen molar-refractivity contribution in [3.05, 3.63) is 52.5 Å². The van der Waals surface area contributed by atoms with Gasteiger partial charge in [-0.15, -0.1) is 0 Å². The first-order valence-electron chi connectivity index (χ1n) is 7.14. The molecule has 0 spiro atoms. The molecule has 0 aromatic heterocycles. The van der Waals surface area contributed by atoms with Crippen LogP contribution >= 0.6 is 11.6 Å². The number of aromatic hydroxyl groups is 1. The minimum Gasteiger partial charge on any atom is -0.506 e. The maximum absolute atomic E-state index is 11.7. The Morgan fingerprint density at radius 2 is 1.87 bits per heavy atom. The van der Waals surface area contributed by atoms with Crippen LogP contribution in [0.1, 0.15) is 17.0 Å². The molecule has 6 heteroatoms. The second kappa shape index (κ2) is 6.38. The van der Waals surface area contributed by atoms with Gasteiger partial charge in [-0.25, -0.2) is 0 Å². The highest BCUT2D eigenvalue weighted by Gasteiger charge is 2.23. The molecule has 1 atom stereocenters. The Balaban J connectivity index is 1.89. The number of benzene rings is 2. The van der Waals surface area contributed by atoms with Gasteiger partial charge in [0.25, 0.3) is 0 Å². The van der Waals surface area contributed by atoms with Gasteiger partial charge in [-0.3, -0.25) is 4.79 Å². The second-order valence-electron chi connectivity index (χ2n) is 5.28. The van der Waals surface area contributed by atoms with Crippen LogP contribution in [0.3, 0.4) is 0 Å². The number of phenolic OH excluding ortho intramolecular Hbond substituents is 1. The molecule has 3 rings (SSSR count). The van der Waals surface area contributed by atoms with E-state index in [0.29, 0.717) is 30.3 Å². The fraction of sp³-hybridized carbons (Fsp3) is 0.235. The Kier molecular flexibility index (Phi) is 4.30. The van der Waals surface area contributed by atoms with E-state index in [1.54, 1.807) is 30.3 Å². The number of carboxylic acids is 1. The molecule has 0 bridgehead atoms. The van der Waals surface area contributed by atoms with Crippen LogP contribution in [0.5, 0.6) is 17.2 Å². The molecule has 5 nitrogen and oxygen atoms in total. The van der Waals surface area contributed by atoms with E-state index in [4.69, 9.17) is 21.1 Å². The summed E-state index contributed by atoms with van der Waals surface area (Å²) in [7, 11) is 0. The summed E-state index contributed by atoms with van der Waals surface area (Å²) in [5.41, 5.74) is 1.36. The van der Waals surface area contributed by atoms with Gasteiger partial charge in [0.05, 0.1) is 10.9 Å². The Labute approximate surface area is 138 Å². The lowest BCUT2D eigenvalue weighted by Crippen LogP contribution is -2.18. The van der Waals surface area contributed by atoms with Crippen LogP contribution in [0.4, 0.5) is 0 Å². The monoisotopic (exact) mass is 334 g/mol. The van der Waals surface area contributed by atoms with Crippen molar-refractivity contribution in [2.75, 3.05) is 13.2 Å². The van der Waals surface area contributed by atoms with E-state index in [-0.39, 0.29) is 17.2 Å². The summed E-state index contributed by atoms with van der Waals surface area (Å²) >= 11 is 5.88. The third-order valence-electron chi connectivity index (χ3n) is 3.72. The number of phenols is 1. The number of carboxylic acid groups (broad SMARTS) is 1. The van der Waals surface area contributed by atoms with Gasteiger partial charge in [0.1, 0.15) is 19.0 Å². The number of hydrogen-bond acceptors (Lipinski definition) is 4. The molecule has 0 fully saturated rings. The van der Waals surface area contributed by atoms with Crippen molar-refractivity contribution in [2.24, 2.45) is 0 Å². The molecule has 0 radical (unpaired) electrons. The fourth-order valence-electron chi connectivity index (χ4n) is 2.54. The summed E-state index contributed by atoms with van der Waals surface area (Å²) in [6.07, 6.45) is 0.259. The highest BCUT2D eigenvalue weighted by Crippen LogP contribution is 2.35. The van der Waals surface area contributed by atoms with Crippen molar-refractivity contribution in [1.29, 1.82) is 0 Å². The molecule has 1 aliphatic heterocycles. The summed E-state index contributed by atoms with van der Waals surface area (Å²) in [4.78, 5) is 11.7. The normalized spacial score (nSPS) is 14.3. The Morgan fingerprint density at radius 1 is 1.13 bits per heavy atom. The van der Waals surface area contributed by atoms with Crippen molar-refractivity contribution < 1.29 is 24.5 Å². The third kappa shape index (κ3) is 3.35. The fourth-order valence-corrected chi connectivity index (χ4v) is 2.74. The molecule has 0 aliphatic carbocycles. The first-order valence-corrected chi connectivity index (χ1v) is 7.52. The number of halogens is 1. The lowest BCUT2D eigenvalue weighted by Gasteiger charge is -2.20. The predicted molar refractivity (Wildman–Crippen MR) is 84.6 cm³/mol. The van der Waals surface area contributed by atoms with E-state index in [9.17, 15) is 15.0 Å². The lowest BCUT2D eigenvalue weighted by atomic mass is 9.91. The van der Waals surface area contributed by atoms with Crippen molar-refractivity contribution in [1.82, 2.24) is 0 Å². The van der Waals surface area contributed by atoms with Crippen LogP contribution in [0.15, 0.2) is 36.4 Å². The molecule has 23 heavy (non-hydrogen) atoms. The van der Waals surface area contributed by atoms with Crippen molar-refractivity contribution in [2.45, 2.75) is 12.3 Å². The summed E-state index contributed by atoms with van der Waals surface area (Å²) in [5, 5.41) is 19.2. The van der Waals surface area contributed by atoms with E-state index in [1.807, 2.05) is 0 Å². The second-order valence-corrected chi connectivity index (χ2v) is 5.69. The Morgan fingerprint density at radius 3 is 2.57 bits per heavy atom. The number of rotatable bonds is 4. The van der Waals surface area contributed by atoms with Crippen LogP contribution < -0.4 is 9.47 Å². The molecule has 0 saturated heterocycles. The largest absolute Gasteiger partial charge is 0.506 e. The molecule has 120 valence electrons. The van der Waals surface area contributed by atoms with Gasteiger partial charge in [0.15, 0.2) is 11.5 Å². The lowest BCUT2D eigenvalue weighted by molar-refractivity contribution is -0.138. The van der Waals surface area contributed by atoms with E-state index in [1.165, 1.54) is 6.07 Å². The van der Waals surface area contributed by atoms with E-state index < -0.39 is 11.9 Å². The zero-order valence-corrected chi connectivity index (χ0v) is 12.9. The summed E-state index contributed by atoms with van der Waals surface area (Å²) in [6.45, 7) is 0.933. The van der Waals surface area contributed by atoms with Crippen LogP contribution in [-0.2, 0) is 11.2 Å². The van der Waals surface area contributed by atoms with Gasteiger partial charge in [0.2, 0.25) is 0 Å². The molecule has 0 saturated carbocycles. The maximum Gasteiger partial charge on any atom is 0.311 e. The quantitative estimate of drug-likeness (QED) is 0.897. The number of hydrogen-bond donors (Lipinski definition) is 2. The minimum absolute atomic E-state index is 0.0263. The SMILES string of the molecule is O=C(O)C(Cc1ccc(O)c(Cl)c1)c1ccc2c(c1)OCCO2. The summed E-state index contributed by atoms with van der Waals surface area (Å²) in [5.74, 6) is -0.528. The average molecular weight is 335 g/mol. The van der Waals surface area contributed by atoms with E-state index >= 15 is 0 Å². The van der Waals surface area contributed by atoms with Crippen molar-refractivity contribution in [3.63, 3.8) is 0 Å². The number of fused-ring (bicyclic) bond motifs is 1. The van der Waals surface area contributed by atoms with Gasteiger partial charge in [-0.2, -0.15) is 0 Å². The molecule has 1 heterocycles. The van der Waals surface area contributed by atoms with Gasteiger partial charge >= 0.3 is 5.97 Å². The molecule has 2 aromatic rings. The molecule has 2 aromatic carbocycles. The molecule has 1 aliphatic rings. The number of carbonyl (C=O) groups is 1. The standard InChI is InChI=1S/C17H15ClO5/c18-13-8-10(1-3-14(13)19)7-12(17(20)21)11-2-4-15-16(9-11)23-6-5-22-15/h1-4,8-9,12,19H,5-7H2,(H,20,21). The Hall–Kier alpha value is -2.40. The molecule has 1 unspecified atom stereocenters.